The molecule has 0 saturated heterocycles. The summed E-state index contributed by atoms with van der Waals surface area (Å²) in [5.74, 6) is -0.350. The lowest BCUT2D eigenvalue weighted by Crippen LogP contribution is -2.47. The molecule has 2 saturated carbocycles. The maximum atomic E-state index is 13.2. The van der Waals surface area contributed by atoms with E-state index in [0.29, 0.717) is 5.56 Å². The Kier molecular flexibility index (Phi) is 4.28. The first-order valence-electron chi connectivity index (χ1n) is 8.44. The third-order valence-corrected chi connectivity index (χ3v) is 5.64. The highest BCUT2D eigenvalue weighted by Gasteiger charge is 2.50. The SMILES string of the molecule is C=C[C@H]1CCC2(CCCCC2)C(=O)[C@@H]1C(=O)c1ccccc1. The van der Waals surface area contributed by atoms with Crippen LogP contribution in [0, 0.1) is 17.3 Å². The molecule has 2 fully saturated rings. The fourth-order valence-corrected chi connectivity index (χ4v) is 4.33. The summed E-state index contributed by atoms with van der Waals surface area (Å²) in [5.41, 5.74) is 0.424. The zero-order valence-corrected chi connectivity index (χ0v) is 13.1. The Labute approximate surface area is 132 Å². The van der Waals surface area contributed by atoms with Crippen molar-refractivity contribution in [2.45, 2.75) is 44.9 Å². The van der Waals surface area contributed by atoms with E-state index < -0.39 is 5.92 Å². The van der Waals surface area contributed by atoms with Gasteiger partial charge in [0.25, 0.3) is 0 Å². The van der Waals surface area contributed by atoms with Gasteiger partial charge < -0.3 is 0 Å². The van der Waals surface area contributed by atoms with Crippen LogP contribution in [0.3, 0.4) is 0 Å². The highest BCUT2D eigenvalue weighted by atomic mass is 16.2. The molecule has 2 aliphatic rings. The quantitative estimate of drug-likeness (QED) is 0.464. The van der Waals surface area contributed by atoms with Gasteiger partial charge in [-0.1, -0.05) is 55.7 Å². The second-order valence-corrected chi connectivity index (χ2v) is 6.85. The van der Waals surface area contributed by atoms with Crippen LogP contribution in [-0.4, -0.2) is 11.6 Å². The Morgan fingerprint density at radius 2 is 1.77 bits per heavy atom. The summed E-state index contributed by atoms with van der Waals surface area (Å²) in [5, 5.41) is 0. The monoisotopic (exact) mass is 296 g/mol. The van der Waals surface area contributed by atoms with Crippen LogP contribution >= 0.6 is 0 Å². The minimum absolute atomic E-state index is 0.00671. The van der Waals surface area contributed by atoms with Gasteiger partial charge in [0.2, 0.25) is 0 Å². The molecule has 0 radical (unpaired) electrons. The lowest BCUT2D eigenvalue weighted by atomic mass is 9.57. The fourth-order valence-electron chi connectivity index (χ4n) is 4.33. The van der Waals surface area contributed by atoms with Gasteiger partial charge in [0.1, 0.15) is 5.78 Å². The maximum absolute atomic E-state index is 13.2. The van der Waals surface area contributed by atoms with Crippen LogP contribution < -0.4 is 0 Å². The van der Waals surface area contributed by atoms with E-state index in [1.807, 2.05) is 36.4 Å². The molecule has 0 N–H and O–H groups in total. The van der Waals surface area contributed by atoms with E-state index in [1.54, 1.807) is 0 Å². The lowest BCUT2D eigenvalue weighted by Gasteiger charge is -2.44. The zero-order chi connectivity index (χ0) is 15.6. The Hall–Kier alpha value is -1.70. The van der Waals surface area contributed by atoms with Crippen molar-refractivity contribution in [3.05, 3.63) is 48.6 Å². The topological polar surface area (TPSA) is 34.1 Å². The molecule has 1 aromatic carbocycles. The van der Waals surface area contributed by atoms with Gasteiger partial charge in [0.15, 0.2) is 5.78 Å². The Balaban J connectivity index is 1.93. The van der Waals surface area contributed by atoms with Gasteiger partial charge in [-0.2, -0.15) is 0 Å². The van der Waals surface area contributed by atoms with Crippen LogP contribution in [0.25, 0.3) is 0 Å². The summed E-state index contributed by atoms with van der Waals surface area (Å²) in [6.07, 6.45) is 9.06. The first kappa shape index (κ1) is 15.2. The number of hydrogen-bond donors (Lipinski definition) is 0. The van der Waals surface area contributed by atoms with Gasteiger partial charge in [0.05, 0.1) is 5.92 Å². The van der Waals surface area contributed by atoms with E-state index in [9.17, 15) is 9.59 Å². The normalized spacial score (nSPS) is 27.5. The van der Waals surface area contributed by atoms with Crippen molar-refractivity contribution in [3.63, 3.8) is 0 Å². The highest BCUT2D eigenvalue weighted by molar-refractivity contribution is 6.13. The predicted octanol–water partition coefficient (Wildman–Crippen LogP) is 4.60. The third kappa shape index (κ3) is 2.55. The lowest BCUT2D eigenvalue weighted by molar-refractivity contribution is -0.138. The van der Waals surface area contributed by atoms with Crippen molar-refractivity contribution >= 4 is 11.6 Å². The standard InChI is InChI=1S/C20H24O2/c1-2-15-11-14-20(12-7-4-8-13-20)19(22)17(15)18(21)16-9-5-3-6-10-16/h2-3,5-6,9-10,15,17H,1,4,7-8,11-14H2/t15-,17-/m0/s1. The van der Waals surface area contributed by atoms with Crippen molar-refractivity contribution in [1.29, 1.82) is 0 Å². The number of hydrogen-bond acceptors (Lipinski definition) is 2. The minimum atomic E-state index is -0.522. The molecule has 2 aliphatic carbocycles. The summed E-state index contributed by atoms with van der Waals surface area (Å²) < 4.78 is 0. The molecule has 1 aromatic rings. The van der Waals surface area contributed by atoms with Gasteiger partial charge in [-0.3, -0.25) is 9.59 Å². The first-order valence-corrected chi connectivity index (χ1v) is 8.44. The van der Waals surface area contributed by atoms with Crippen LogP contribution in [0.5, 0.6) is 0 Å². The molecule has 2 nitrogen and oxygen atoms in total. The average Bonchev–Trinajstić information content (AvgIpc) is 2.58. The Morgan fingerprint density at radius 1 is 1.09 bits per heavy atom. The van der Waals surface area contributed by atoms with Crippen molar-refractivity contribution in [3.8, 4) is 0 Å². The van der Waals surface area contributed by atoms with Gasteiger partial charge in [-0.25, -0.2) is 0 Å². The number of rotatable bonds is 3. The second kappa shape index (κ2) is 6.20. The molecule has 0 aliphatic heterocycles. The van der Waals surface area contributed by atoms with Gasteiger partial charge >= 0.3 is 0 Å². The largest absolute Gasteiger partial charge is 0.298 e. The molecule has 1 spiro atoms. The highest BCUT2D eigenvalue weighted by Crippen LogP contribution is 2.49. The number of ketones is 2. The molecular weight excluding hydrogens is 272 g/mol. The van der Waals surface area contributed by atoms with Crippen molar-refractivity contribution in [2.24, 2.45) is 17.3 Å². The molecule has 0 unspecified atom stereocenters. The van der Waals surface area contributed by atoms with Crippen LogP contribution in [0.2, 0.25) is 0 Å². The van der Waals surface area contributed by atoms with Crippen molar-refractivity contribution in [1.82, 2.24) is 0 Å². The van der Waals surface area contributed by atoms with E-state index in [0.717, 1.165) is 38.5 Å². The van der Waals surface area contributed by atoms with E-state index in [4.69, 9.17) is 0 Å². The molecule has 22 heavy (non-hydrogen) atoms. The molecule has 0 bridgehead atoms. The summed E-state index contributed by atoms with van der Waals surface area (Å²) in [6, 6.07) is 9.25. The van der Waals surface area contributed by atoms with Crippen molar-refractivity contribution in [2.75, 3.05) is 0 Å². The fraction of sp³-hybridized carbons (Fsp3) is 0.500. The van der Waals surface area contributed by atoms with Crippen molar-refractivity contribution < 1.29 is 9.59 Å². The molecule has 0 aromatic heterocycles. The van der Waals surface area contributed by atoms with Gasteiger partial charge in [-0.15, -0.1) is 6.58 Å². The third-order valence-electron chi connectivity index (χ3n) is 5.64. The summed E-state index contributed by atoms with van der Waals surface area (Å²) in [7, 11) is 0. The minimum Gasteiger partial charge on any atom is -0.298 e. The summed E-state index contributed by atoms with van der Waals surface area (Å²) in [6.45, 7) is 3.87. The van der Waals surface area contributed by atoms with Gasteiger partial charge in [0, 0.05) is 11.0 Å². The molecular formula is C20H24O2. The molecule has 116 valence electrons. The number of allylic oxidation sites excluding steroid dienone is 1. The number of Topliss-reactive ketones (excluding diaryl/α,β-unsaturated/α-hetero) is 2. The van der Waals surface area contributed by atoms with E-state index >= 15 is 0 Å². The molecule has 3 rings (SSSR count). The Morgan fingerprint density at radius 3 is 2.41 bits per heavy atom. The Bertz CT molecular complexity index is 567. The van der Waals surface area contributed by atoms with E-state index in [2.05, 4.69) is 6.58 Å². The summed E-state index contributed by atoms with van der Waals surface area (Å²) in [4.78, 5) is 26.2. The molecule has 2 heteroatoms. The van der Waals surface area contributed by atoms with E-state index in [-0.39, 0.29) is 22.9 Å². The van der Waals surface area contributed by atoms with Crippen LogP contribution in [0.1, 0.15) is 55.3 Å². The van der Waals surface area contributed by atoms with E-state index in [1.165, 1.54) is 6.42 Å². The molecule has 0 heterocycles. The maximum Gasteiger partial charge on any atom is 0.173 e. The van der Waals surface area contributed by atoms with Gasteiger partial charge in [-0.05, 0) is 31.6 Å². The zero-order valence-electron chi connectivity index (χ0n) is 13.1. The van der Waals surface area contributed by atoms with Crippen LogP contribution in [-0.2, 0) is 4.79 Å². The smallest absolute Gasteiger partial charge is 0.173 e. The second-order valence-electron chi connectivity index (χ2n) is 6.85. The number of carbonyl (C=O) groups is 2. The van der Waals surface area contributed by atoms with Crippen LogP contribution in [0.15, 0.2) is 43.0 Å². The average molecular weight is 296 g/mol. The first-order chi connectivity index (χ1) is 10.7. The molecule has 0 amide bonds. The van der Waals surface area contributed by atoms with Crippen LogP contribution in [0.4, 0.5) is 0 Å². The molecule has 2 atom stereocenters. The predicted molar refractivity (Wildman–Crippen MR) is 87.7 cm³/mol. The summed E-state index contributed by atoms with van der Waals surface area (Å²) >= 11 is 0. The number of carbonyl (C=O) groups excluding carboxylic acids is 2. The number of benzene rings is 1.